The Labute approximate surface area is 146 Å². The minimum Gasteiger partial charge on any atom is -0.461 e. The predicted molar refractivity (Wildman–Crippen MR) is 88.1 cm³/mol. The summed E-state index contributed by atoms with van der Waals surface area (Å²) in [5.41, 5.74) is 1.89. The van der Waals surface area contributed by atoms with Crippen LogP contribution in [0.5, 0.6) is 0 Å². The molecule has 3 aliphatic rings. The Hall–Kier alpha value is -2.37. The molecule has 0 N–H and O–H groups in total. The highest BCUT2D eigenvalue weighted by Gasteiger charge is 2.57. The second-order valence-electron chi connectivity index (χ2n) is 6.97. The standard InChI is InChI=1S/C19H22O6/c1-8-6-15(24-12(5)21)17-10(3)19(22)25-18(17)16-9(2)14(7-13(8)16)23-11(4)20/h13-18H,1-3,6-7H2,4-5H3/t13-,14-,15-,16-,17+,18+/m0/s1. The van der Waals surface area contributed by atoms with Gasteiger partial charge in [0, 0.05) is 31.8 Å². The Kier molecular flexibility index (Phi) is 4.31. The van der Waals surface area contributed by atoms with Crippen LogP contribution in [0.2, 0.25) is 0 Å². The van der Waals surface area contributed by atoms with Crippen molar-refractivity contribution in [2.75, 3.05) is 0 Å². The molecular weight excluding hydrogens is 324 g/mol. The predicted octanol–water partition coefficient (Wildman–Crippen LogP) is 2.10. The largest absolute Gasteiger partial charge is 0.461 e. The van der Waals surface area contributed by atoms with E-state index in [2.05, 4.69) is 19.7 Å². The molecule has 0 aromatic carbocycles. The van der Waals surface area contributed by atoms with Gasteiger partial charge in [-0.15, -0.1) is 0 Å². The number of carbonyl (C=O) groups is 3. The molecule has 2 aliphatic carbocycles. The Morgan fingerprint density at radius 1 is 1.08 bits per heavy atom. The van der Waals surface area contributed by atoms with E-state index >= 15 is 0 Å². The van der Waals surface area contributed by atoms with Crippen LogP contribution in [0, 0.1) is 17.8 Å². The summed E-state index contributed by atoms with van der Waals surface area (Å²) in [5.74, 6) is -2.02. The number of esters is 3. The van der Waals surface area contributed by atoms with Gasteiger partial charge in [0.15, 0.2) is 0 Å². The highest BCUT2D eigenvalue weighted by molar-refractivity contribution is 5.91. The van der Waals surface area contributed by atoms with Gasteiger partial charge < -0.3 is 14.2 Å². The van der Waals surface area contributed by atoms with Crippen molar-refractivity contribution in [1.29, 1.82) is 0 Å². The molecule has 134 valence electrons. The third kappa shape index (κ3) is 2.90. The maximum absolute atomic E-state index is 12.1. The summed E-state index contributed by atoms with van der Waals surface area (Å²) >= 11 is 0. The fourth-order valence-corrected chi connectivity index (χ4v) is 4.39. The molecule has 6 atom stereocenters. The molecule has 3 rings (SSSR count). The number of fused-ring (bicyclic) bond motifs is 3. The van der Waals surface area contributed by atoms with Crippen molar-refractivity contribution < 1.29 is 28.6 Å². The first kappa shape index (κ1) is 17.5. The summed E-state index contributed by atoms with van der Waals surface area (Å²) in [6.07, 6.45) is -0.552. The first-order valence-corrected chi connectivity index (χ1v) is 8.31. The second kappa shape index (κ2) is 6.17. The van der Waals surface area contributed by atoms with E-state index in [-0.39, 0.29) is 17.8 Å². The van der Waals surface area contributed by atoms with E-state index < -0.39 is 36.2 Å². The van der Waals surface area contributed by atoms with Gasteiger partial charge in [0.1, 0.15) is 18.3 Å². The second-order valence-corrected chi connectivity index (χ2v) is 6.97. The highest BCUT2D eigenvalue weighted by atomic mass is 16.6. The molecule has 1 aliphatic heterocycles. The van der Waals surface area contributed by atoms with Crippen LogP contribution in [-0.4, -0.2) is 36.2 Å². The maximum atomic E-state index is 12.1. The van der Waals surface area contributed by atoms with E-state index in [0.717, 1.165) is 5.57 Å². The fourth-order valence-electron chi connectivity index (χ4n) is 4.39. The third-order valence-electron chi connectivity index (χ3n) is 5.37. The molecule has 0 aromatic heterocycles. The van der Waals surface area contributed by atoms with Gasteiger partial charge in [-0.05, 0) is 17.9 Å². The van der Waals surface area contributed by atoms with Crippen molar-refractivity contribution in [3.05, 3.63) is 36.5 Å². The Bertz CT molecular complexity index is 690. The zero-order chi connectivity index (χ0) is 18.5. The molecule has 0 bridgehead atoms. The van der Waals surface area contributed by atoms with Crippen LogP contribution in [0.3, 0.4) is 0 Å². The summed E-state index contributed by atoms with van der Waals surface area (Å²) < 4.78 is 16.4. The van der Waals surface area contributed by atoms with Crippen LogP contribution < -0.4 is 0 Å². The molecule has 1 saturated heterocycles. The van der Waals surface area contributed by atoms with E-state index in [1.54, 1.807) is 0 Å². The lowest BCUT2D eigenvalue weighted by Gasteiger charge is -2.28. The molecule has 0 unspecified atom stereocenters. The van der Waals surface area contributed by atoms with Gasteiger partial charge in [-0.2, -0.15) is 0 Å². The normalized spacial score (nSPS) is 37.0. The average Bonchev–Trinajstić information content (AvgIpc) is 2.92. The van der Waals surface area contributed by atoms with Gasteiger partial charge in [-0.1, -0.05) is 25.3 Å². The summed E-state index contributed by atoms with van der Waals surface area (Å²) in [7, 11) is 0. The molecule has 0 aromatic rings. The molecule has 0 radical (unpaired) electrons. The van der Waals surface area contributed by atoms with Crippen LogP contribution in [-0.2, 0) is 28.6 Å². The quantitative estimate of drug-likeness (QED) is 0.330. The molecular formula is C19H22O6. The average molecular weight is 346 g/mol. The Morgan fingerprint density at radius 3 is 2.32 bits per heavy atom. The van der Waals surface area contributed by atoms with E-state index in [1.165, 1.54) is 13.8 Å². The zero-order valence-corrected chi connectivity index (χ0v) is 14.4. The van der Waals surface area contributed by atoms with Crippen molar-refractivity contribution in [2.45, 2.75) is 45.0 Å². The zero-order valence-electron chi connectivity index (χ0n) is 14.4. The summed E-state index contributed by atoms with van der Waals surface area (Å²) in [6, 6.07) is 0. The molecule has 0 amide bonds. The van der Waals surface area contributed by atoms with E-state index in [0.29, 0.717) is 24.0 Å². The van der Waals surface area contributed by atoms with Crippen LogP contribution >= 0.6 is 0 Å². The lowest BCUT2D eigenvalue weighted by molar-refractivity contribution is -0.150. The molecule has 3 fully saturated rings. The van der Waals surface area contributed by atoms with Crippen LogP contribution in [0.25, 0.3) is 0 Å². The van der Waals surface area contributed by atoms with Crippen LogP contribution in [0.4, 0.5) is 0 Å². The summed E-state index contributed by atoms with van der Waals surface area (Å²) in [6.45, 7) is 14.8. The lowest BCUT2D eigenvalue weighted by atomic mass is 9.81. The number of carbonyl (C=O) groups excluding carboxylic acids is 3. The molecule has 0 spiro atoms. The number of hydrogen-bond acceptors (Lipinski definition) is 6. The molecule has 25 heavy (non-hydrogen) atoms. The van der Waals surface area contributed by atoms with Gasteiger partial charge in [0.2, 0.25) is 0 Å². The minimum absolute atomic E-state index is 0.0522. The molecule has 6 nitrogen and oxygen atoms in total. The molecule has 1 heterocycles. The number of hydrogen-bond donors (Lipinski definition) is 0. The van der Waals surface area contributed by atoms with Gasteiger partial charge in [0.25, 0.3) is 0 Å². The monoisotopic (exact) mass is 346 g/mol. The number of ether oxygens (including phenoxy) is 3. The lowest BCUT2D eigenvalue weighted by Crippen LogP contribution is -2.36. The van der Waals surface area contributed by atoms with E-state index in [4.69, 9.17) is 14.2 Å². The van der Waals surface area contributed by atoms with E-state index in [1.807, 2.05) is 0 Å². The topological polar surface area (TPSA) is 78.9 Å². The maximum Gasteiger partial charge on any atom is 0.334 e. The summed E-state index contributed by atoms with van der Waals surface area (Å²) in [5, 5.41) is 0. The molecule has 2 saturated carbocycles. The van der Waals surface area contributed by atoms with Gasteiger partial charge in [0.05, 0.1) is 5.92 Å². The van der Waals surface area contributed by atoms with Gasteiger partial charge in [-0.3, -0.25) is 9.59 Å². The highest BCUT2D eigenvalue weighted by Crippen LogP contribution is 2.53. The van der Waals surface area contributed by atoms with Crippen molar-refractivity contribution in [3.63, 3.8) is 0 Å². The minimum atomic E-state index is -0.542. The third-order valence-corrected chi connectivity index (χ3v) is 5.37. The smallest absolute Gasteiger partial charge is 0.334 e. The van der Waals surface area contributed by atoms with Crippen molar-refractivity contribution in [2.24, 2.45) is 17.8 Å². The Balaban J connectivity index is 1.98. The SMILES string of the molecule is C=C1C(=O)O[C@@H]2[C@H]3C(=C)[C@@H](OC(C)=O)C[C@H]3C(=C)C[C@H](OC(C)=O)[C@@H]12. The van der Waals surface area contributed by atoms with Crippen LogP contribution in [0.1, 0.15) is 26.7 Å². The molecule has 6 heteroatoms. The first-order chi connectivity index (χ1) is 11.7. The van der Waals surface area contributed by atoms with Gasteiger partial charge in [-0.25, -0.2) is 4.79 Å². The number of rotatable bonds is 2. The summed E-state index contributed by atoms with van der Waals surface area (Å²) in [4.78, 5) is 35.0. The Morgan fingerprint density at radius 2 is 1.72 bits per heavy atom. The van der Waals surface area contributed by atoms with Crippen molar-refractivity contribution >= 4 is 17.9 Å². The van der Waals surface area contributed by atoms with Crippen LogP contribution in [0.15, 0.2) is 36.5 Å². The van der Waals surface area contributed by atoms with Crippen molar-refractivity contribution in [1.82, 2.24) is 0 Å². The first-order valence-electron chi connectivity index (χ1n) is 8.31. The fraction of sp³-hybridized carbons (Fsp3) is 0.526. The van der Waals surface area contributed by atoms with Gasteiger partial charge >= 0.3 is 17.9 Å². The van der Waals surface area contributed by atoms with Crippen molar-refractivity contribution in [3.8, 4) is 0 Å². The van der Waals surface area contributed by atoms with E-state index in [9.17, 15) is 14.4 Å².